The van der Waals surface area contributed by atoms with Gasteiger partial charge in [0.1, 0.15) is 24.4 Å². The second-order valence-electron chi connectivity index (χ2n) is 3.09. The standard InChI is InChI=1S/C7H14O7/c1-13-7-4(10)2(8)3(9)5(14-7)6(11)12/h2-12H,1H3/t2-,3+,4+,5-,7-/m0/s1. The second-order valence-corrected chi connectivity index (χ2v) is 3.09. The molecule has 1 heterocycles. The first kappa shape index (κ1) is 11.8. The molecule has 0 aliphatic carbocycles. The zero-order valence-electron chi connectivity index (χ0n) is 7.52. The van der Waals surface area contributed by atoms with E-state index in [0.717, 1.165) is 0 Å². The van der Waals surface area contributed by atoms with Crippen LogP contribution in [0.3, 0.4) is 0 Å². The predicted molar refractivity (Wildman–Crippen MR) is 41.9 cm³/mol. The molecule has 0 aromatic carbocycles. The van der Waals surface area contributed by atoms with Crippen LogP contribution in [0.5, 0.6) is 0 Å². The first-order valence-corrected chi connectivity index (χ1v) is 4.07. The van der Waals surface area contributed by atoms with Gasteiger partial charge in [-0.25, -0.2) is 0 Å². The molecule has 0 radical (unpaired) electrons. The van der Waals surface area contributed by atoms with Gasteiger partial charge in [0.25, 0.3) is 0 Å². The van der Waals surface area contributed by atoms with E-state index in [-0.39, 0.29) is 0 Å². The zero-order chi connectivity index (χ0) is 10.9. The maximum Gasteiger partial charge on any atom is 0.186 e. The molecule has 0 unspecified atom stereocenters. The molecule has 5 N–H and O–H groups in total. The van der Waals surface area contributed by atoms with E-state index < -0.39 is 37.0 Å². The van der Waals surface area contributed by atoms with Crippen LogP contribution in [0.4, 0.5) is 0 Å². The molecule has 0 saturated carbocycles. The van der Waals surface area contributed by atoms with E-state index in [1.807, 2.05) is 0 Å². The summed E-state index contributed by atoms with van der Waals surface area (Å²) in [7, 11) is 1.22. The second kappa shape index (κ2) is 4.49. The molecule has 0 spiro atoms. The Morgan fingerprint density at radius 3 is 2.07 bits per heavy atom. The number of ether oxygens (including phenoxy) is 2. The molecular formula is C7H14O7. The van der Waals surface area contributed by atoms with Gasteiger partial charge in [-0.3, -0.25) is 0 Å². The minimum atomic E-state index is -1.95. The molecule has 1 rings (SSSR count). The van der Waals surface area contributed by atoms with Crippen molar-refractivity contribution in [1.82, 2.24) is 0 Å². The Morgan fingerprint density at radius 2 is 1.64 bits per heavy atom. The van der Waals surface area contributed by atoms with Gasteiger partial charge in [0.15, 0.2) is 12.6 Å². The molecule has 5 atom stereocenters. The summed E-state index contributed by atoms with van der Waals surface area (Å²) >= 11 is 0. The lowest BCUT2D eigenvalue weighted by Crippen LogP contribution is -2.61. The summed E-state index contributed by atoms with van der Waals surface area (Å²) in [5.74, 6) is 0. The molecule has 1 aliphatic rings. The SMILES string of the molecule is CO[C@H]1O[C@H](C(O)O)[C@H](O)[C@H](O)[C@H]1O. The molecule has 0 amide bonds. The van der Waals surface area contributed by atoms with E-state index in [2.05, 4.69) is 4.74 Å². The lowest BCUT2D eigenvalue weighted by Gasteiger charge is -2.40. The highest BCUT2D eigenvalue weighted by Gasteiger charge is 2.46. The van der Waals surface area contributed by atoms with Crippen molar-refractivity contribution >= 4 is 0 Å². The third-order valence-electron chi connectivity index (χ3n) is 2.13. The van der Waals surface area contributed by atoms with Crippen molar-refractivity contribution in [3.05, 3.63) is 0 Å². The Bertz CT molecular complexity index is 183. The molecule has 0 bridgehead atoms. The van der Waals surface area contributed by atoms with Crippen LogP contribution in [0, 0.1) is 0 Å². The van der Waals surface area contributed by atoms with Crippen molar-refractivity contribution in [2.75, 3.05) is 7.11 Å². The molecular weight excluding hydrogens is 196 g/mol. The van der Waals surface area contributed by atoms with Crippen molar-refractivity contribution in [1.29, 1.82) is 0 Å². The van der Waals surface area contributed by atoms with Crippen molar-refractivity contribution in [2.45, 2.75) is 37.0 Å². The van der Waals surface area contributed by atoms with Crippen molar-refractivity contribution in [2.24, 2.45) is 0 Å². The van der Waals surface area contributed by atoms with Crippen molar-refractivity contribution < 1.29 is 35.0 Å². The van der Waals surface area contributed by atoms with E-state index in [0.29, 0.717) is 0 Å². The van der Waals surface area contributed by atoms with Crippen LogP contribution in [-0.4, -0.2) is 69.6 Å². The number of aliphatic hydroxyl groups excluding tert-OH is 4. The Labute approximate surface area is 80.1 Å². The van der Waals surface area contributed by atoms with Crippen LogP contribution >= 0.6 is 0 Å². The molecule has 0 aromatic rings. The molecule has 7 heteroatoms. The molecule has 0 aromatic heterocycles. The molecule has 84 valence electrons. The van der Waals surface area contributed by atoms with E-state index in [1.54, 1.807) is 0 Å². The molecule has 7 nitrogen and oxygen atoms in total. The van der Waals surface area contributed by atoms with Gasteiger partial charge in [0, 0.05) is 7.11 Å². The smallest absolute Gasteiger partial charge is 0.186 e. The zero-order valence-corrected chi connectivity index (χ0v) is 7.52. The van der Waals surface area contributed by atoms with Gasteiger partial charge in [-0.2, -0.15) is 0 Å². The molecule has 1 saturated heterocycles. The number of hydrogen-bond acceptors (Lipinski definition) is 7. The van der Waals surface area contributed by atoms with Gasteiger partial charge in [0.05, 0.1) is 0 Å². The fourth-order valence-electron chi connectivity index (χ4n) is 1.31. The van der Waals surface area contributed by atoms with Gasteiger partial charge in [-0.15, -0.1) is 0 Å². The van der Waals surface area contributed by atoms with Crippen LogP contribution in [-0.2, 0) is 9.47 Å². The number of hydrogen-bond donors (Lipinski definition) is 5. The lowest BCUT2D eigenvalue weighted by atomic mass is 9.98. The van der Waals surface area contributed by atoms with Crippen molar-refractivity contribution in [3.63, 3.8) is 0 Å². The van der Waals surface area contributed by atoms with Gasteiger partial charge in [-0.1, -0.05) is 0 Å². The van der Waals surface area contributed by atoms with Crippen LogP contribution in [0.15, 0.2) is 0 Å². The fraction of sp³-hybridized carbons (Fsp3) is 1.00. The van der Waals surface area contributed by atoms with Crippen molar-refractivity contribution in [3.8, 4) is 0 Å². The average molecular weight is 210 g/mol. The summed E-state index contributed by atoms with van der Waals surface area (Å²) in [6.45, 7) is 0. The summed E-state index contributed by atoms with van der Waals surface area (Å²) in [5, 5.41) is 45.4. The molecule has 1 aliphatic heterocycles. The Morgan fingerprint density at radius 1 is 1.07 bits per heavy atom. The van der Waals surface area contributed by atoms with E-state index in [9.17, 15) is 15.3 Å². The lowest BCUT2D eigenvalue weighted by molar-refractivity contribution is -0.323. The first-order chi connectivity index (χ1) is 6.49. The Kier molecular flexibility index (Phi) is 3.78. The minimum Gasteiger partial charge on any atom is -0.387 e. The maximum atomic E-state index is 9.28. The highest BCUT2D eigenvalue weighted by molar-refractivity contribution is 4.89. The van der Waals surface area contributed by atoms with Gasteiger partial charge < -0.3 is 35.0 Å². The molecule has 14 heavy (non-hydrogen) atoms. The van der Waals surface area contributed by atoms with E-state index in [4.69, 9.17) is 14.9 Å². The maximum absolute atomic E-state index is 9.28. The van der Waals surface area contributed by atoms with Gasteiger partial charge in [0.2, 0.25) is 0 Å². The average Bonchev–Trinajstić information content (AvgIpc) is 2.14. The minimum absolute atomic E-state index is 1.19. The number of aliphatic hydroxyl groups is 5. The summed E-state index contributed by atoms with van der Waals surface area (Å²) in [6, 6.07) is 0. The van der Waals surface area contributed by atoms with E-state index >= 15 is 0 Å². The number of methoxy groups -OCH3 is 1. The van der Waals surface area contributed by atoms with E-state index in [1.165, 1.54) is 7.11 Å². The summed E-state index contributed by atoms with van der Waals surface area (Å²) in [6.07, 6.45) is -9.09. The van der Waals surface area contributed by atoms with Crippen LogP contribution in [0.2, 0.25) is 0 Å². The Hall–Kier alpha value is -0.280. The summed E-state index contributed by atoms with van der Waals surface area (Å²) < 4.78 is 9.45. The summed E-state index contributed by atoms with van der Waals surface area (Å²) in [5.41, 5.74) is 0. The Balaban J connectivity index is 2.73. The normalized spacial score (nSPS) is 44.4. The predicted octanol–water partition coefficient (Wildman–Crippen LogP) is -3.25. The monoisotopic (exact) mass is 210 g/mol. The highest BCUT2D eigenvalue weighted by atomic mass is 16.7. The quantitative estimate of drug-likeness (QED) is 0.304. The highest BCUT2D eigenvalue weighted by Crippen LogP contribution is 2.22. The fourth-order valence-corrected chi connectivity index (χ4v) is 1.31. The van der Waals surface area contributed by atoms with Crippen LogP contribution in [0.25, 0.3) is 0 Å². The third-order valence-corrected chi connectivity index (χ3v) is 2.13. The topological polar surface area (TPSA) is 120 Å². The van der Waals surface area contributed by atoms with Gasteiger partial charge in [-0.05, 0) is 0 Å². The summed E-state index contributed by atoms with van der Waals surface area (Å²) in [4.78, 5) is 0. The number of rotatable bonds is 2. The largest absolute Gasteiger partial charge is 0.387 e. The molecule has 1 fully saturated rings. The van der Waals surface area contributed by atoms with Crippen LogP contribution < -0.4 is 0 Å². The first-order valence-electron chi connectivity index (χ1n) is 4.07. The third kappa shape index (κ3) is 2.04. The van der Waals surface area contributed by atoms with Crippen LogP contribution in [0.1, 0.15) is 0 Å². The van der Waals surface area contributed by atoms with Gasteiger partial charge >= 0.3 is 0 Å².